The van der Waals surface area contributed by atoms with Gasteiger partial charge < -0.3 is 0 Å². The van der Waals surface area contributed by atoms with Crippen molar-refractivity contribution in [1.82, 2.24) is 0 Å². The van der Waals surface area contributed by atoms with Gasteiger partial charge in [-0.15, -0.1) is 9.24 Å². The molecule has 16 heavy (non-hydrogen) atoms. The van der Waals surface area contributed by atoms with Crippen molar-refractivity contribution in [1.29, 1.82) is 0 Å². The van der Waals surface area contributed by atoms with Gasteiger partial charge in [0, 0.05) is 5.66 Å². The molecule has 0 saturated carbocycles. The molecule has 1 heteroatoms. The lowest BCUT2D eigenvalue weighted by molar-refractivity contribution is 1.15. The van der Waals surface area contributed by atoms with Crippen LogP contribution in [0, 0.1) is 13.8 Å². The quantitative estimate of drug-likeness (QED) is 0.673. The van der Waals surface area contributed by atoms with Gasteiger partial charge in [0.05, 0.1) is 0 Å². The predicted molar refractivity (Wildman–Crippen MR) is 73.9 cm³/mol. The van der Waals surface area contributed by atoms with Crippen LogP contribution in [-0.2, 0) is 0 Å². The molecule has 82 valence electrons. The van der Waals surface area contributed by atoms with Gasteiger partial charge in [0.1, 0.15) is 0 Å². The van der Waals surface area contributed by atoms with Crippen molar-refractivity contribution in [3.8, 4) is 0 Å². The van der Waals surface area contributed by atoms with Gasteiger partial charge in [0.25, 0.3) is 0 Å². The second-order valence-electron chi connectivity index (χ2n) is 4.30. The van der Waals surface area contributed by atoms with Crippen LogP contribution in [0.25, 0.3) is 0 Å². The second kappa shape index (κ2) is 4.80. The monoisotopic (exact) mass is 228 g/mol. The fourth-order valence-electron chi connectivity index (χ4n) is 1.74. The molecule has 0 aromatic heterocycles. The molecule has 0 amide bonds. The van der Waals surface area contributed by atoms with Crippen molar-refractivity contribution in [2.24, 2.45) is 0 Å². The largest absolute Gasteiger partial charge is 0.125 e. The topological polar surface area (TPSA) is 0 Å². The first kappa shape index (κ1) is 11.4. The maximum absolute atomic E-state index is 2.92. The molecule has 1 unspecified atom stereocenters. The first-order valence-corrected chi connectivity index (χ1v) is 6.22. The van der Waals surface area contributed by atoms with Crippen LogP contribution in [0.2, 0.25) is 0 Å². The summed E-state index contributed by atoms with van der Waals surface area (Å²) >= 11 is 0. The molecule has 0 fully saturated rings. The van der Waals surface area contributed by atoms with Gasteiger partial charge in [-0.3, -0.25) is 0 Å². The molecule has 0 saturated heterocycles. The van der Waals surface area contributed by atoms with Crippen LogP contribution < -0.4 is 0 Å². The minimum absolute atomic E-state index is 0.390. The lowest BCUT2D eigenvalue weighted by Crippen LogP contribution is -1.92. The lowest BCUT2D eigenvalue weighted by Gasteiger charge is -2.12. The van der Waals surface area contributed by atoms with Crippen LogP contribution in [0.5, 0.6) is 0 Å². The van der Waals surface area contributed by atoms with E-state index in [0.717, 1.165) is 0 Å². The number of benzene rings is 2. The molecular formula is C15H17P. The maximum Gasteiger partial charge on any atom is 0.0234 e. The Hall–Kier alpha value is -1.13. The standard InChI is InChI=1S/C15H17P/c1-11-3-7-13(8-4-11)15(16)14-9-5-12(2)6-10-14/h3-10,15H,16H2,1-2H3. The van der Waals surface area contributed by atoms with E-state index >= 15 is 0 Å². The molecule has 0 aliphatic carbocycles. The fraction of sp³-hybridized carbons (Fsp3) is 0.200. The number of aryl methyl sites for hydroxylation is 2. The van der Waals surface area contributed by atoms with E-state index in [4.69, 9.17) is 0 Å². The lowest BCUT2D eigenvalue weighted by atomic mass is 10.0. The Labute approximate surface area is 99.9 Å². The first-order chi connectivity index (χ1) is 7.66. The Morgan fingerprint density at radius 2 is 1.00 bits per heavy atom. The molecule has 0 heterocycles. The summed E-state index contributed by atoms with van der Waals surface area (Å²) in [6, 6.07) is 17.5. The predicted octanol–water partition coefficient (Wildman–Crippen LogP) is 4.27. The molecule has 0 spiro atoms. The van der Waals surface area contributed by atoms with E-state index in [1.54, 1.807) is 0 Å². The Morgan fingerprint density at radius 1 is 0.688 bits per heavy atom. The molecule has 1 atom stereocenters. The van der Waals surface area contributed by atoms with Crippen molar-refractivity contribution in [3.05, 3.63) is 70.8 Å². The van der Waals surface area contributed by atoms with E-state index in [2.05, 4.69) is 71.6 Å². The fourth-order valence-corrected chi connectivity index (χ4v) is 2.18. The maximum atomic E-state index is 2.92. The normalized spacial score (nSPS) is 10.8. The molecule has 0 radical (unpaired) electrons. The van der Waals surface area contributed by atoms with Crippen LogP contribution in [0.4, 0.5) is 0 Å². The first-order valence-electron chi connectivity index (χ1n) is 5.55. The van der Waals surface area contributed by atoms with Gasteiger partial charge in [-0.1, -0.05) is 59.7 Å². The Morgan fingerprint density at radius 3 is 1.31 bits per heavy atom. The summed E-state index contributed by atoms with van der Waals surface area (Å²) in [7, 11) is 2.92. The summed E-state index contributed by atoms with van der Waals surface area (Å²) < 4.78 is 0. The van der Waals surface area contributed by atoms with Gasteiger partial charge in [-0.25, -0.2) is 0 Å². The average Bonchev–Trinajstić information content (AvgIpc) is 2.30. The summed E-state index contributed by atoms with van der Waals surface area (Å²) in [4.78, 5) is 0. The van der Waals surface area contributed by atoms with E-state index in [-0.39, 0.29) is 0 Å². The number of hydrogen-bond acceptors (Lipinski definition) is 0. The van der Waals surface area contributed by atoms with Gasteiger partial charge in [0.15, 0.2) is 0 Å². The third kappa shape index (κ3) is 2.51. The van der Waals surface area contributed by atoms with Crippen LogP contribution in [0.1, 0.15) is 27.9 Å². The van der Waals surface area contributed by atoms with Crippen molar-refractivity contribution in [2.75, 3.05) is 0 Å². The average molecular weight is 228 g/mol. The van der Waals surface area contributed by atoms with Crippen LogP contribution in [0.15, 0.2) is 48.5 Å². The molecule has 2 aromatic rings. The highest BCUT2D eigenvalue weighted by Crippen LogP contribution is 2.30. The molecule has 0 bridgehead atoms. The zero-order chi connectivity index (χ0) is 11.5. The van der Waals surface area contributed by atoms with Crippen LogP contribution in [0.3, 0.4) is 0 Å². The minimum Gasteiger partial charge on any atom is -0.125 e. The third-order valence-corrected chi connectivity index (χ3v) is 3.64. The summed E-state index contributed by atoms with van der Waals surface area (Å²) in [5.41, 5.74) is 5.70. The van der Waals surface area contributed by atoms with Crippen molar-refractivity contribution >= 4 is 9.24 Å². The zero-order valence-electron chi connectivity index (χ0n) is 9.77. The molecule has 0 aliphatic heterocycles. The highest BCUT2D eigenvalue weighted by molar-refractivity contribution is 7.17. The molecule has 0 N–H and O–H groups in total. The highest BCUT2D eigenvalue weighted by Gasteiger charge is 2.07. The smallest absolute Gasteiger partial charge is 0.0234 e. The Kier molecular flexibility index (Phi) is 3.41. The Balaban J connectivity index is 2.28. The van der Waals surface area contributed by atoms with E-state index in [9.17, 15) is 0 Å². The van der Waals surface area contributed by atoms with E-state index in [0.29, 0.717) is 5.66 Å². The summed E-state index contributed by atoms with van der Waals surface area (Å²) in [5.74, 6) is 0. The molecule has 2 aromatic carbocycles. The SMILES string of the molecule is Cc1ccc(C(P)c2ccc(C)cc2)cc1. The van der Waals surface area contributed by atoms with Crippen LogP contribution >= 0.6 is 9.24 Å². The number of hydrogen-bond donors (Lipinski definition) is 0. The van der Waals surface area contributed by atoms with Gasteiger partial charge >= 0.3 is 0 Å². The van der Waals surface area contributed by atoms with Gasteiger partial charge in [-0.2, -0.15) is 0 Å². The van der Waals surface area contributed by atoms with Gasteiger partial charge in [0.2, 0.25) is 0 Å². The molecule has 0 nitrogen and oxygen atoms in total. The summed E-state index contributed by atoms with van der Waals surface area (Å²) in [6.07, 6.45) is 0. The minimum atomic E-state index is 0.390. The van der Waals surface area contributed by atoms with Crippen molar-refractivity contribution in [3.63, 3.8) is 0 Å². The van der Waals surface area contributed by atoms with Crippen molar-refractivity contribution in [2.45, 2.75) is 19.5 Å². The van der Waals surface area contributed by atoms with Gasteiger partial charge in [-0.05, 0) is 25.0 Å². The third-order valence-electron chi connectivity index (χ3n) is 2.87. The van der Waals surface area contributed by atoms with E-state index in [1.165, 1.54) is 22.3 Å². The second-order valence-corrected chi connectivity index (χ2v) is 4.97. The highest BCUT2D eigenvalue weighted by atomic mass is 31.0. The zero-order valence-corrected chi connectivity index (χ0v) is 10.9. The van der Waals surface area contributed by atoms with E-state index < -0.39 is 0 Å². The van der Waals surface area contributed by atoms with Crippen molar-refractivity contribution < 1.29 is 0 Å². The van der Waals surface area contributed by atoms with Crippen LogP contribution in [-0.4, -0.2) is 0 Å². The molecule has 2 rings (SSSR count). The Bertz CT molecular complexity index is 408. The number of rotatable bonds is 2. The van der Waals surface area contributed by atoms with E-state index in [1.807, 2.05) is 0 Å². The summed E-state index contributed by atoms with van der Waals surface area (Å²) in [6.45, 7) is 4.24. The summed E-state index contributed by atoms with van der Waals surface area (Å²) in [5, 5.41) is 0. The molecular weight excluding hydrogens is 211 g/mol. The molecule has 0 aliphatic rings.